The number of carbonyl (C=O) groups is 1. The third-order valence-electron chi connectivity index (χ3n) is 5.37. The van der Waals surface area contributed by atoms with Gasteiger partial charge in [-0.15, -0.1) is 22.7 Å². The third-order valence-corrected chi connectivity index (χ3v) is 7.12. The van der Waals surface area contributed by atoms with Crippen LogP contribution in [0.25, 0.3) is 22.0 Å². The molecule has 32 heavy (non-hydrogen) atoms. The molecule has 4 aromatic rings. The van der Waals surface area contributed by atoms with Gasteiger partial charge in [0.05, 0.1) is 23.5 Å². The molecule has 166 valence electrons. The summed E-state index contributed by atoms with van der Waals surface area (Å²) in [7, 11) is 0. The van der Waals surface area contributed by atoms with Gasteiger partial charge in [0.2, 0.25) is 0 Å². The van der Waals surface area contributed by atoms with Crippen LogP contribution in [0.2, 0.25) is 0 Å². The maximum absolute atomic E-state index is 12.9. The van der Waals surface area contributed by atoms with Crippen molar-refractivity contribution in [2.45, 2.75) is 40.7 Å². The third kappa shape index (κ3) is 4.84. The van der Waals surface area contributed by atoms with Crippen LogP contribution in [0.3, 0.4) is 0 Å². The molecule has 5 nitrogen and oxygen atoms in total. The van der Waals surface area contributed by atoms with Crippen LogP contribution in [0.1, 0.15) is 47.4 Å². The zero-order valence-electron chi connectivity index (χ0n) is 18.9. The van der Waals surface area contributed by atoms with Crippen molar-refractivity contribution < 1.29 is 4.79 Å². The normalized spacial score (nSPS) is 11.3. The summed E-state index contributed by atoms with van der Waals surface area (Å²) in [5, 5.41) is 8.19. The number of thiazole rings is 1. The van der Waals surface area contributed by atoms with Crippen molar-refractivity contribution in [3.63, 3.8) is 0 Å². The summed E-state index contributed by atoms with van der Waals surface area (Å²) in [6, 6.07) is 10.3. The second-order valence-electron chi connectivity index (χ2n) is 8.23. The lowest BCUT2D eigenvalue weighted by Gasteiger charge is -2.10. The summed E-state index contributed by atoms with van der Waals surface area (Å²) in [5.74, 6) is 0.376. The van der Waals surface area contributed by atoms with E-state index in [2.05, 4.69) is 64.6 Å². The number of rotatable bonds is 8. The van der Waals surface area contributed by atoms with Crippen LogP contribution in [-0.4, -0.2) is 27.0 Å². The van der Waals surface area contributed by atoms with Crippen LogP contribution in [0.5, 0.6) is 0 Å². The van der Waals surface area contributed by atoms with E-state index in [1.165, 1.54) is 4.88 Å². The number of carbonyl (C=O) groups excluding carboxylic acids is 1. The molecule has 0 radical (unpaired) electrons. The molecule has 0 saturated carbocycles. The van der Waals surface area contributed by atoms with Gasteiger partial charge in [0, 0.05) is 40.0 Å². The molecule has 0 fully saturated rings. The van der Waals surface area contributed by atoms with Crippen molar-refractivity contribution in [1.29, 1.82) is 0 Å². The van der Waals surface area contributed by atoms with E-state index < -0.39 is 0 Å². The molecule has 0 aliphatic carbocycles. The monoisotopic (exact) mass is 464 g/mol. The minimum absolute atomic E-state index is 0.0282. The second kappa shape index (κ2) is 9.79. The molecule has 0 aliphatic heterocycles. The molecule has 0 aliphatic rings. The summed E-state index contributed by atoms with van der Waals surface area (Å²) >= 11 is 3.34. The van der Waals surface area contributed by atoms with E-state index in [0.717, 1.165) is 46.3 Å². The summed E-state index contributed by atoms with van der Waals surface area (Å²) in [5.41, 5.74) is 5.67. The highest BCUT2D eigenvalue weighted by molar-refractivity contribution is 7.13. The van der Waals surface area contributed by atoms with Crippen molar-refractivity contribution in [3.8, 4) is 22.0 Å². The zero-order valence-corrected chi connectivity index (χ0v) is 20.5. The standard InChI is InChI=1S/C25H28N4OS2/c1-5-19-11-18(8-9-26-19)25-28-22(15-32-25)23-12-21(24(30)27-13-16(2)3)17(4)29(23)14-20-7-6-10-31-20/h6-12,15-16H,5,13-14H2,1-4H3,(H,27,30). The fraction of sp³-hybridized carbons (Fsp3) is 0.320. The van der Waals surface area contributed by atoms with Gasteiger partial charge in [0.25, 0.3) is 5.91 Å². The van der Waals surface area contributed by atoms with Crippen molar-refractivity contribution in [2.24, 2.45) is 5.92 Å². The van der Waals surface area contributed by atoms with Crippen molar-refractivity contribution in [3.05, 3.63) is 69.1 Å². The minimum Gasteiger partial charge on any atom is -0.352 e. The Morgan fingerprint density at radius 2 is 2.06 bits per heavy atom. The molecule has 4 rings (SSSR count). The number of amides is 1. The molecule has 1 N–H and O–H groups in total. The highest BCUT2D eigenvalue weighted by atomic mass is 32.1. The average molecular weight is 465 g/mol. The van der Waals surface area contributed by atoms with Gasteiger partial charge >= 0.3 is 0 Å². The molecule has 4 heterocycles. The number of hydrogen-bond acceptors (Lipinski definition) is 5. The van der Waals surface area contributed by atoms with E-state index in [9.17, 15) is 4.79 Å². The van der Waals surface area contributed by atoms with Gasteiger partial charge in [-0.2, -0.15) is 0 Å². The van der Waals surface area contributed by atoms with Gasteiger partial charge in [-0.3, -0.25) is 9.78 Å². The lowest BCUT2D eigenvalue weighted by atomic mass is 10.2. The predicted molar refractivity (Wildman–Crippen MR) is 133 cm³/mol. The second-order valence-corrected chi connectivity index (χ2v) is 10.1. The Morgan fingerprint density at radius 1 is 1.22 bits per heavy atom. The first kappa shape index (κ1) is 22.4. The number of pyridine rings is 1. The summed E-state index contributed by atoms with van der Waals surface area (Å²) in [6.45, 7) is 9.70. The number of thiophene rings is 1. The Hall–Kier alpha value is -2.77. The van der Waals surface area contributed by atoms with Crippen LogP contribution in [-0.2, 0) is 13.0 Å². The minimum atomic E-state index is -0.0282. The van der Waals surface area contributed by atoms with Gasteiger partial charge in [-0.1, -0.05) is 26.8 Å². The smallest absolute Gasteiger partial charge is 0.253 e. The topological polar surface area (TPSA) is 59.8 Å². The number of nitrogens with one attached hydrogen (secondary N) is 1. The quantitative estimate of drug-likeness (QED) is 0.346. The molecule has 0 atom stereocenters. The highest BCUT2D eigenvalue weighted by Gasteiger charge is 2.21. The maximum Gasteiger partial charge on any atom is 0.253 e. The number of aryl methyl sites for hydroxylation is 1. The van der Waals surface area contributed by atoms with E-state index in [1.54, 1.807) is 22.7 Å². The van der Waals surface area contributed by atoms with Crippen LogP contribution in [0.15, 0.2) is 47.3 Å². The van der Waals surface area contributed by atoms with Gasteiger partial charge in [0.1, 0.15) is 5.01 Å². The molecule has 0 spiro atoms. The van der Waals surface area contributed by atoms with Gasteiger partial charge < -0.3 is 9.88 Å². The van der Waals surface area contributed by atoms with Crippen LogP contribution in [0, 0.1) is 12.8 Å². The van der Waals surface area contributed by atoms with E-state index in [0.29, 0.717) is 18.0 Å². The fourth-order valence-electron chi connectivity index (χ4n) is 3.57. The Labute approximate surface area is 197 Å². The summed E-state index contributed by atoms with van der Waals surface area (Å²) < 4.78 is 2.21. The van der Waals surface area contributed by atoms with Crippen LogP contribution in [0.4, 0.5) is 0 Å². The number of nitrogens with zero attached hydrogens (tertiary/aromatic N) is 3. The number of aromatic nitrogens is 3. The van der Waals surface area contributed by atoms with Crippen molar-refractivity contribution in [1.82, 2.24) is 19.9 Å². The lowest BCUT2D eigenvalue weighted by Crippen LogP contribution is -2.27. The summed E-state index contributed by atoms with van der Waals surface area (Å²) in [6.07, 6.45) is 2.74. The molecule has 0 unspecified atom stereocenters. The maximum atomic E-state index is 12.9. The predicted octanol–water partition coefficient (Wildman–Crippen LogP) is 6.04. The van der Waals surface area contributed by atoms with Crippen molar-refractivity contribution >= 4 is 28.6 Å². The Bertz CT molecular complexity index is 1200. The van der Waals surface area contributed by atoms with E-state index >= 15 is 0 Å². The first-order valence-electron chi connectivity index (χ1n) is 10.9. The van der Waals surface area contributed by atoms with Crippen LogP contribution >= 0.6 is 22.7 Å². The SMILES string of the molecule is CCc1cc(-c2nc(-c3cc(C(=O)NCC(C)C)c(C)n3Cc3cccs3)cs2)ccn1. The molecule has 7 heteroatoms. The Morgan fingerprint density at radius 3 is 2.78 bits per heavy atom. The molecular weight excluding hydrogens is 436 g/mol. The van der Waals surface area contributed by atoms with E-state index in [1.807, 2.05) is 25.3 Å². The fourth-order valence-corrected chi connectivity index (χ4v) is 5.07. The first-order chi connectivity index (χ1) is 15.5. The van der Waals surface area contributed by atoms with E-state index in [4.69, 9.17) is 4.98 Å². The molecule has 0 bridgehead atoms. The van der Waals surface area contributed by atoms with Crippen molar-refractivity contribution in [2.75, 3.05) is 6.54 Å². The van der Waals surface area contributed by atoms with Gasteiger partial charge in [0.15, 0.2) is 0 Å². The Kier molecular flexibility index (Phi) is 6.86. The van der Waals surface area contributed by atoms with Gasteiger partial charge in [-0.05, 0) is 48.9 Å². The van der Waals surface area contributed by atoms with Crippen LogP contribution < -0.4 is 5.32 Å². The number of hydrogen-bond donors (Lipinski definition) is 1. The average Bonchev–Trinajstić information content (AvgIpc) is 3.54. The molecule has 1 amide bonds. The molecule has 0 aromatic carbocycles. The summed E-state index contributed by atoms with van der Waals surface area (Å²) in [4.78, 5) is 23.5. The zero-order chi connectivity index (χ0) is 22.7. The molecule has 4 aromatic heterocycles. The first-order valence-corrected chi connectivity index (χ1v) is 12.6. The highest BCUT2D eigenvalue weighted by Crippen LogP contribution is 2.32. The molecular formula is C25H28N4OS2. The lowest BCUT2D eigenvalue weighted by molar-refractivity contribution is 0.0948. The largest absolute Gasteiger partial charge is 0.352 e. The van der Waals surface area contributed by atoms with Gasteiger partial charge in [-0.25, -0.2) is 4.98 Å². The molecule has 0 saturated heterocycles. The Balaban J connectivity index is 1.73. The van der Waals surface area contributed by atoms with E-state index in [-0.39, 0.29) is 5.91 Å².